The van der Waals surface area contributed by atoms with Crippen LogP contribution in [-0.2, 0) is 22.4 Å². The number of thiophene rings is 1. The molecule has 0 bridgehead atoms. The Morgan fingerprint density at radius 3 is 2.65 bits per heavy atom. The zero-order valence-electron chi connectivity index (χ0n) is 18.2. The molecule has 7 heteroatoms. The lowest BCUT2D eigenvalue weighted by Crippen LogP contribution is -2.26. The molecule has 1 aromatic carbocycles. The predicted molar refractivity (Wildman–Crippen MR) is 129 cm³/mol. The molecule has 2 aromatic rings. The van der Waals surface area contributed by atoms with E-state index in [1.165, 1.54) is 17.4 Å². The average Bonchev–Trinajstić information content (AvgIpc) is 3.05. The summed E-state index contributed by atoms with van der Waals surface area (Å²) >= 11 is 13.4. The predicted octanol–water partition coefficient (Wildman–Crippen LogP) is 7.03. The van der Waals surface area contributed by atoms with E-state index in [1.807, 2.05) is 0 Å². The minimum absolute atomic E-state index is 0.192. The van der Waals surface area contributed by atoms with Crippen LogP contribution >= 0.6 is 34.5 Å². The number of amides is 1. The van der Waals surface area contributed by atoms with E-state index in [0.717, 1.165) is 35.3 Å². The van der Waals surface area contributed by atoms with Crippen LogP contribution in [0.5, 0.6) is 0 Å². The van der Waals surface area contributed by atoms with Crippen molar-refractivity contribution in [3.05, 3.63) is 55.9 Å². The summed E-state index contributed by atoms with van der Waals surface area (Å²) in [6.45, 7) is 8.82. The topological polar surface area (TPSA) is 55.4 Å². The van der Waals surface area contributed by atoms with Gasteiger partial charge in [0.15, 0.2) is 0 Å². The molecule has 0 fully saturated rings. The van der Waals surface area contributed by atoms with Gasteiger partial charge in [-0.05, 0) is 66.9 Å². The fraction of sp³-hybridized carbons (Fsp3) is 0.417. The molecule has 1 amide bonds. The van der Waals surface area contributed by atoms with Crippen molar-refractivity contribution in [2.45, 2.75) is 47.0 Å². The average molecular weight is 480 g/mol. The van der Waals surface area contributed by atoms with Crippen molar-refractivity contribution < 1.29 is 14.3 Å². The summed E-state index contributed by atoms with van der Waals surface area (Å²) in [6, 6.07) is 5.14. The first-order valence-electron chi connectivity index (χ1n) is 10.4. The lowest BCUT2D eigenvalue weighted by molar-refractivity contribution is -0.111. The Morgan fingerprint density at radius 2 is 2.00 bits per heavy atom. The van der Waals surface area contributed by atoms with E-state index in [1.54, 1.807) is 31.2 Å². The molecule has 0 radical (unpaired) electrons. The molecule has 1 heterocycles. The molecule has 1 aliphatic carbocycles. The van der Waals surface area contributed by atoms with Crippen LogP contribution in [0.25, 0.3) is 6.08 Å². The summed E-state index contributed by atoms with van der Waals surface area (Å²) < 4.78 is 5.29. The molecule has 1 N–H and O–H groups in total. The first kappa shape index (κ1) is 23.8. The Hall–Kier alpha value is -1.82. The third kappa shape index (κ3) is 5.71. The van der Waals surface area contributed by atoms with Crippen LogP contribution < -0.4 is 5.32 Å². The van der Waals surface area contributed by atoms with Crippen LogP contribution in [-0.4, -0.2) is 18.5 Å². The van der Waals surface area contributed by atoms with Gasteiger partial charge in [-0.25, -0.2) is 4.79 Å². The number of hydrogen-bond donors (Lipinski definition) is 1. The largest absolute Gasteiger partial charge is 0.462 e. The van der Waals surface area contributed by atoms with Gasteiger partial charge in [0.2, 0.25) is 5.91 Å². The monoisotopic (exact) mass is 479 g/mol. The van der Waals surface area contributed by atoms with Crippen molar-refractivity contribution >= 4 is 57.5 Å². The maximum Gasteiger partial charge on any atom is 0.341 e. The maximum absolute atomic E-state index is 12.7. The summed E-state index contributed by atoms with van der Waals surface area (Å²) in [5, 5.41) is 4.33. The van der Waals surface area contributed by atoms with E-state index in [2.05, 4.69) is 26.1 Å². The molecule has 31 heavy (non-hydrogen) atoms. The Bertz CT molecular complexity index is 1020. The summed E-state index contributed by atoms with van der Waals surface area (Å²) in [4.78, 5) is 26.5. The summed E-state index contributed by atoms with van der Waals surface area (Å²) in [5.41, 5.74) is 2.48. The van der Waals surface area contributed by atoms with Crippen molar-refractivity contribution in [1.82, 2.24) is 0 Å². The van der Waals surface area contributed by atoms with Gasteiger partial charge < -0.3 is 10.1 Å². The van der Waals surface area contributed by atoms with Crippen molar-refractivity contribution in [3.8, 4) is 0 Å². The van der Waals surface area contributed by atoms with Gasteiger partial charge in [-0.15, -0.1) is 11.3 Å². The third-order valence-corrected chi connectivity index (χ3v) is 7.49. The summed E-state index contributed by atoms with van der Waals surface area (Å²) in [6.07, 6.45) is 5.82. The minimum Gasteiger partial charge on any atom is -0.462 e. The number of esters is 1. The number of anilines is 1. The van der Waals surface area contributed by atoms with Gasteiger partial charge in [0, 0.05) is 11.0 Å². The molecular weight excluding hydrogens is 453 g/mol. The van der Waals surface area contributed by atoms with Crippen molar-refractivity contribution in [1.29, 1.82) is 0 Å². The van der Waals surface area contributed by atoms with Gasteiger partial charge in [-0.2, -0.15) is 0 Å². The first-order valence-corrected chi connectivity index (χ1v) is 11.9. The van der Waals surface area contributed by atoms with Crippen molar-refractivity contribution in [2.24, 2.45) is 11.3 Å². The number of ether oxygens (including phenoxy) is 1. The van der Waals surface area contributed by atoms with E-state index in [-0.39, 0.29) is 17.3 Å². The second-order valence-corrected chi connectivity index (χ2v) is 10.6. The van der Waals surface area contributed by atoms with E-state index < -0.39 is 0 Å². The Labute approximate surface area is 197 Å². The standard InChI is InChI=1S/C24H27Cl2NO3S/c1-5-30-23(29)21-16-9-8-15(24(2,3)4)13-19(16)31-22(21)27-20(28)11-7-14-6-10-17(25)18(26)12-14/h6-7,10-12,15H,5,8-9,13H2,1-4H3,(H,27,28)/b11-7+. The van der Waals surface area contributed by atoms with E-state index >= 15 is 0 Å². The molecule has 1 aliphatic rings. The number of rotatable bonds is 5. The quantitative estimate of drug-likeness (QED) is 0.369. The van der Waals surface area contributed by atoms with Gasteiger partial charge in [-0.3, -0.25) is 4.79 Å². The maximum atomic E-state index is 12.7. The second kappa shape index (κ2) is 9.76. The molecule has 0 saturated carbocycles. The summed E-state index contributed by atoms with van der Waals surface area (Å²) in [7, 11) is 0. The fourth-order valence-corrected chi connectivity index (χ4v) is 5.40. The normalized spacial score (nSPS) is 16.3. The van der Waals surface area contributed by atoms with Crippen LogP contribution in [0.1, 0.15) is 60.5 Å². The highest BCUT2D eigenvalue weighted by atomic mass is 35.5. The molecule has 166 valence electrons. The van der Waals surface area contributed by atoms with Crippen molar-refractivity contribution in [3.63, 3.8) is 0 Å². The fourth-order valence-electron chi connectivity index (χ4n) is 3.77. The second-order valence-electron chi connectivity index (χ2n) is 8.73. The molecule has 1 atom stereocenters. The van der Waals surface area contributed by atoms with E-state index in [0.29, 0.717) is 33.1 Å². The highest BCUT2D eigenvalue weighted by molar-refractivity contribution is 7.17. The van der Waals surface area contributed by atoms with Crippen molar-refractivity contribution in [2.75, 3.05) is 11.9 Å². The number of fused-ring (bicyclic) bond motifs is 1. The summed E-state index contributed by atoms with van der Waals surface area (Å²) in [5.74, 6) is -0.160. The highest BCUT2D eigenvalue weighted by Gasteiger charge is 2.34. The SMILES string of the molecule is CCOC(=O)c1c(NC(=O)/C=C/c2ccc(Cl)c(Cl)c2)sc2c1CCC(C(C)(C)C)C2. The zero-order chi connectivity index (χ0) is 22.8. The van der Waals surface area contributed by atoms with E-state index in [9.17, 15) is 9.59 Å². The molecule has 3 rings (SSSR count). The van der Waals surface area contributed by atoms with Gasteiger partial charge in [0.05, 0.1) is 22.2 Å². The van der Waals surface area contributed by atoms with Gasteiger partial charge >= 0.3 is 5.97 Å². The minimum atomic E-state index is -0.377. The van der Waals surface area contributed by atoms with Gasteiger partial charge in [0.1, 0.15) is 5.00 Å². The zero-order valence-corrected chi connectivity index (χ0v) is 20.5. The number of hydrogen-bond acceptors (Lipinski definition) is 4. The third-order valence-electron chi connectivity index (χ3n) is 5.58. The highest BCUT2D eigenvalue weighted by Crippen LogP contribution is 2.44. The lowest BCUT2D eigenvalue weighted by Gasteiger charge is -2.33. The number of halogens is 2. The van der Waals surface area contributed by atoms with Gasteiger partial charge in [-0.1, -0.05) is 50.0 Å². The Morgan fingerprint density at radius 1 is 1.26 bits per heavy atom. The molecule has 0 aliphatic heterocycles. The molecule has 0 saturated heterocycles. The number of carbonyl (C=O) groups is 2. The Balaban J connectivity index is 1.85. The molecule has 0 spiro atoms. The van der Waals surface area contributed by atoms with Crippen LogP contribution in [0, 0.1) is 11.3 Å². The number of nitrogens with one attached hydrogen (secondary N) is 1. The van der Waals surface area contributed by atoms with Gasteiger partial charge in [0.25, 0.3) is 0 Å². The van der Waals surface area contributed by atoms with E-state index in [4.69, 9.17) is 27.9 Å². The molecule has 1 unspecified atom stereocenters. The smallest absolute Gasteiger partial charge is 0.341 e. The molecule has 4 nitrogen and oxygen atoms in total. The van der Waals surface area contributed by atoms with Crippen LogP contribution in [0.4, 0.5) is 5.00 Å². The van der Waals surface area contributed by atoms with Crippen LogP contribution in [0.3, 0.4) is 0 Å². The molecular formula is C24H27Cl2NO3S. The number of carbonyl (C=O) groups excluding carboxylic acids is 2. The van der Waals surface area contributed by atoms with Crippen LogP contribution in [0.2, 0.25) is 10.0 Å². The number of benzene rings is 1. The first-order chi connectivity index (χ1) is 14.6. The Kier molecular flexibility index (Phi) is 7.51. The van der Waals surface area contributed by atoms with Crippen LogP contribution in [0.15, 0.2) is 24.3 Å². The molecule has 1 aromatic heterocycles. The lowest BCUT2D eigenvalue weighted by atomic mass is 9.72.